The van der Waals surface area contributed by atoms with Crippen molar-refractivity contribution in [2.45, 2.75) is 93.9 Å². The number of fused-ring (bicyclic) bond motifs is 5. The highest BCUT2D eigenvalue weighted by Gasteiger charge is 2.65. The van der Waals surface area contributed by atoms with Crippen molar-refractivity contribution >= 4 is 28.6 Å². The van der Waals surface area contributed by atoms with Gasteiger partial charge in [-0.3, -0.25) is 4.79 Å². The second-order valence-corrected chi connectivity index (χ2v) is 12.6. The summed E-state index contributed by atoms with van der Waals surface area (Å²) < 4.78 is 0.235. The van der Waals surface area contributed by atoms with Crippen LogP contribution in [0.4, 0.5) is 0 Å². The van der Waals surface area contributed by atoms with Gasteiger partial charge in [-0.15, -0.1) is 0 Å². The van der Waals surface area contributed by atoms with Gasteiger partial charge >= 0.3 is 5.97 Å². The summed E-state index contributed by atoms with van der Waals surface area (Å²) in [4.78, 5) is 11.1. The minimum atomic E-state index is -0.753. The van der Waals surface area contributed by atoms with Crippen molar-refractivity contribution in [3.05, 3.63) is 0 Å². The lowest BCUT2D eigenvalue weighted by Crippen LogP contribution is -2.62. The quantitative estimate of drug-likeness (QED) is 0.336. The zero-order valence-electron chi connectivity index (χ0n) is 17.6. The van der Waals surface area contributed by atoms with Gasteiger partial charge in [0.05, 0.1) is 18.3 Å². The summed E-state index contributed by atoms with van der Waals surface area (Å²) in [5, 5.41) is 42.0. The van der Waals surface area contributed by atoms with E-state index in [9.17, 15) is 20.1 Å². The number of rotatable bonds is 4. The van der Waals surface area contributed by atoms with Crippen LogP contribution in [0, 0.1) is 40.4 Å². The minimum Gasteiger partial charge on any atom is -0.481 e. The van der Waals surface area contributed by atoms with Gasteiger partial charge in [0.2, 0.25) is 0 Å². The predicted molar refractivity (Wildman–Crippen MR) is 119 cm³/mol. The van der Waals surface area contributed by atoms with Crippen molar-refractivity contribution in [3.8, 4) is 0 Å². The highest BCUT2D eigenvalue weighted by atomic mass is 127. The number of hydrogen-bond donors (Lipinski definition) is 4. The van der Waals surface area contributed by atoms with E-state index < -0.39 is 12.1 Å². The number of hydrogen-bond acceptors (Lipinski definition) is 4. The molecule has 0 aromatic rings. The van der Waals surface area contributed by atoms with Crippen LogP contribution in [0.5, 0.6) is 0 Å². The SMILES string of the molecule is C[C@]12CC[C@@H](O)C[C@H]1C[C@@H](O)[C@@H]1[C@@H]2C[C@H](O)[C@]2(C)[C@@H]([C@H](I)CCC(=O)O)CC[C@@H]12. The van der Waals surface area contributed by atoms with Crippen molar-refractivity contribution < 1.29 is 25.2 Å². The Morgan fingerprint density at radius 2 is 1.79 bits per heavy atom. The zero-order chi connectivity index (χ0) is 21.1. The number of halogens is 1. The van der Waals surface area contributed by atoms with Gasteiger partial charge in [0.25, 0.3) is 0 Å². The Morgan fingerprint density at radius 3 is 2.48 bits per heavy atom. The lowest BCUT2D eigenvalue weighted by atomic mass is 9.43. The van der Waals surface area contributed by atoms with E-state index >= 15 is 0 Å². The van der Waals surface area contributed by atoms with Gasteiger partial charge in [-0.05, 0) is 86.4 Å². The van der Waals surface area contributed by atoms with Crippen molar-refractivity contribution in [2.24, 2.45) is 40.4 Å². The highest BCUT2D eigenvalue weighted by Crippen LogP contribution is 2.68. The molecule has 0 saturated heterocycles. The van der Waals surface area contributed by atoms with E-state index in [0.29, 0.717) is 30.1 Å². The van der Waals surface area contributed by atoms with Gasteiger partial charge in [0, 0.05) is 15.8 Å². The van der Waals surface area contributed by atoms with Crippen molar-refractivity contribution in [3.63, 3.8) is 0 Å². The topological polar surface area (TPSA) is 98.0 Å². The summed E-state index contributed by atoms with van der Waals surface area (Å²) in [6.45, 7) is 4.57. The van der Waals surface area contributed by atoms with Crippen LogP contribution in [0.3, 0.4) is 0 Å². The van der Waals surface area contributed by atoms with Gasteiger partial charge in [0.15, 0.2) is 0 Å². The number of carbonyl (C=O) groups is 1. The zero-order valence-corrected chi connectivity index (χ0v) is 19.8. The fraction of sp³-hybridized carbons (Fsp3) is 0.957. The Balaban J connectivity index is 1.61. The molecular weight excluding hydrogens is 483 g/mol. The van der Waals surface area contributed by atoms with Gasteiger partial charge in [-0.25, -0.2) is 0 Å². The summed E-state index contributed by atoms with van der Waals surface area (Å²) in [5.74, 6) is 0.702. The van der Waals surface area contributed by atoms with E-state index in [1.807, 2.05) is 0 Å². The first kappa shape index (κ1) is 22.3. The fourth-order valence-corrected chi connectivity index (χ4v) is 9.71. The molecule has 0 amide bonds. The third-order valence-electron chi connectivity index (χ3n) is 9.90. The summed E-state index contributed by atoms with van der Waals surface area (Å²) in [6.07, 6.45) is 5.95. The highest BCUT2D eigenvalue weighted by molar-refractivity contribution is 14.1. The van der Waals surface area contributed by atoms with Crippen LogP contribution in [0.2, 0.25) is 0 Å². The maximum absolute atomic E-state index is 11.5. The van der Waals surface area contributed by atoms with E-state index in [0.717, 1.165) is 44.9 Å². The Hall–Kier alpha value is 0.0800. The second-order valence-electron chi connectivity index (χ2n) is 11.0. The Labute approximate surface area is 187 Å². The van der Waals surface area contributed by atoms with Crippen molar-refractivity contribution in [2.75, 3.05) is 0 Å². The fourth-order valence-electron chi connectivity index (χ4n) is 8.27. The Bertz CT molecular complexity index is 643. The molecule has 0 aliphatic heterocycles. The molecule has 0 aromatic carbocycles. The summed E-state index contributed by atoms with van der Waals surface area (Å²) >= 11 is 2.41. The molecule has 11 atom stereocenters. The Kier molecular flexibility index (Phi) is 6.06. The van der Waals surface area contributed by atoms with E-state index in [1.165, 1.54) is 0 Å². The maximum atomic E-state index is 11.5. The lowest BCUT2D eigenvalue weighted by Gasteiger charge is -2.63. The minimum absolute atomic E-state index is 0.0938. The summed E-state index contributed by atoms with van der Waals surface area (Å²) in [6, 6.07) is 0. The maximum Gasteiger partial charge on any atom is 0.303 e. The molecule has 4 saturated carbocycles. The molecule has 4 fully saturated rings. The molecule has 29 heavy (non-hydrogen) atoms. The first-order valence-corrected chi connectivity index (χ1v) is 12.7. The molecule has 5 nitrogen and oxygen atoms in total. The molecule has 0 spiro atoms. The first-order valence-electron chi connectivity index (χ1n) is 11.5. The van der Waals surface area contributed by atoms with Crippen LogP contribution in [0.15, 0.2) is 0 Å². The van der Waals surface area contributed by atoms with Gasteiger partial charge < -0.3 is 20.4 Å². The van der Waals surface area contributed by atoms with Crippen molar-refractivity contribution in [1.29, 1.82) is 0 Å². The monoisotopic (exact) mass is 520 g/mol. The predicted octanol–water partition coefficient (Wildman–Crippen LogP) is 3.62. The van der Waals surface area contributed by atoms with Crippen LogP contribution in [-0.2, 0) is 4.79 Å². The molecule has 0 heterocycles. The first-order chi connectivity index (χ1) is 13.6. The van der Waals surface area contributed by atoms with Crippen LogP contribution < -0.4 is 0 Å². The molecule has 166 valence electrons. The molecule has 4 aliphatic rings. The van der Waals surface area contributed by atoms with Gasteiger partial charge in [-0.2, -0.15) is 0 Å². The van der Waals surface area contributed by atoms with E-state index in [-0.39, 0.29) is 39.3 Å². The Morgan fingerprint density at radius 1 is 1.07 bits per heavy atom. The molecule has 0 aromatic heterocycles. The summed E-state index contributed by atoms with van der Waals surface area (Å²) in [7, 11) is 0. The molecule has 4 aliphatic carbocycles. The number of alkyl halides is 1. The van der Waals surface area contributed by atoms with Crippen LogP contribution in [-0.4, -0.2) is 48.6 Å². The molecular formula is C23H37IO5. The smallest absolute Gasteiger partial charge is 0.303 e. The standard InChI is InChI=1S/C23H37IO5/c1-22-8-7-13(25)9-12(22)10-18(26)21-15-4-3-14(17(24)5-6-20(28)29)23(15,2)19(27)11-16(21)22/h12-19,21,25-27H,3-11H2,1-2H3,(H,28,29)/t12-,13+,14+,15-,16-,17+,18+,19-,21-,22-,23+/m0/s1. The number of aliphatic hydroxyl groups is 3. The molecule has 0 unspecified atom stereocenters. The largest absolute Gasteiger partial charge is 0.481 e. The third-order valence-corrected chi connectivity index (χ3v) is 11.4. The molecule has 4 N–H and O–H groups in total. The second kappa shape index (κ2) is 7.89. The average Bonchev–Trinajstić information content (AvgIpc) is 3.01. The van der Waals surface area contributed by atoms with Gasteiger partial charge in [-0.1, -0.05) is 36.4 Å². The molecule has 0 bridgehead atoms. The third kappa shape index (κ3) is 3.48. The van der Waals surface area contributed by atoms with Crippen LogP contribution >= 0.6 is 22.6 Å². The normalized spacial score (nSPS) is 52.9. The van der Waals surface area contributed by atoms with Crippen LogP contribution in [0.25, 0.3) is 0 Å². The number of aliphatic hydroxyl groups excluding tert-OH is 3. The van der Waals surface area contributed by atoms with E-state index in [2.05, 4.69) is 36.4 Å². The van der Waals surface area contributed by atoms with E-state index in [1.54, 1.807) is 0 Å². The number of carboxylic acid groups (broad SMARTS) is 1. The average molecular weight is 520 g/mol. The lowest BCUT2D eigenvalue weighted by molar-refractivity contribution is -0.204. The molecule has 0 radical (unpaired) electrons. The van der Waals surface area contributed by atoms with Gasteiger partial charge in [0.1, 0.15) is 0 Å². The van der Waals surface area contributed by atoms with Crippen molar-refractivity contribution in [1.82, 2.24) is 0 Å². The number of carboxylic acids is 1. The van der Waals surface area contributed by atoms with Crippen LogP contribution in [0.1, 0.15) is 71.6 Å². The number of aliphatic carboxylic acids is 1. The summed E-state index contributed by atoms with van der Waals surface area (Å²) in [5.41, 5.74) is -0.152. The molecule has 6 heteroatoms. The molecule has 4 rings (SSSR count). The van der Waals surface area contributed by atoms with E-state index in [4.69, 9.17) is 5.11 Å².